The maximum absolute atomic E-state index is 12.9. The van der Waals surface area contributed by atoms with Crippen LogP contribution in [0.1, 0.15) is 28.8 Å². The first kappa shape index (κ1) is 18.7. The molecule has 4 nitrogen and oxygen atoms in total. The molecule has 8 heteroatoms. The number of fused-ring (bicyclic) bond motifs is 1. The zero-order chi connectivity index (χ0) is 19.7. The molecule has 1 aromatic heterocycles. The Kier molecular flexibility index (Phi) is 4.97. The van der Waals surface area contributed by atoms with Crippen molar-refractivity contribution in [2.24, 2.45) is 0 Å². The molecule has 1 saturated heterocycles. The summed E-state index contributed by atoms with van der Waals surface area (Å²) in [5.41, 5.74) is 0.227. The number of hydrogen-bond acceptors (Lipinski definition) is 4. The van der Waals surface area contributed by atoms with Crippen molar-refractivity contribution in [3.05, 3.63) is 59.7 Å². The SMILES string of the molecule is O=C(c1cccc(C(F)(F)F)c1)N1CCC(Nc2nc3ccccc3s2)CC1. The van der Waals surface area contributed by atoms with Crippen LogP contribution in [-0.2, 0) is 6.18 Å². The van der Waals surface area contributed by atoms with Crippen molar-refractivity contribution >= 4 is 32.6 Å². The van der Waals surface area contributed by atoms with Gasteiger partial charge < -0.3 is 10.2 Å². The van der Waals surface area contributed by atoms with E-state index in [0.29, 0.717) is 13.1 Å². The molecule has 1 aliphatic heterocycles. The fourth-order valence-corrected chi connectivity index (χ4v) is 4.29. The molecule has 0 spiro atoms. The number of carbonyl (C=O) groups is 1. The van der Waals surface area contributed by atoms with E-state index in [9.17, 15) is 18.0 Å². The van der Waals surface area contributed by atoms with Crippen LogP contribution in [-0.4, -0.2) is 34.9 Å². The molecule has 1 amide bonds. The van der Waals surface area contributed by atoms with Crippen molar-refractivity contribution in [3.8, 4) is 0 Å². The summed E-state index contributed by atoms with van der Waals surface area (Å²) in [6.45, 7) is 0.995. The molecule has 0 aliphatic carbocycles. The van der Waals surface area contributed by atoms with Crippen LogP contribution in [0.15, 0.2) is 48.5 Å². The van der Waals surface area contributed by atoms with E-state index in [1.54, 1.807) is 16.2 Å². The van der Waals surface area contributed by atoms with Crippen LogP contribution in [0, 0.1) is 0 Å². The number of carbonyl (C=O) groups excluding carboxylic acids is 1. The average Bonchev–Trinajstić information content (AvgIpc) is 3.10. The van der Waals surface area contributed by atoms with Gasteiger partial charge in [0, 0.05) is 24.7 Å². The summed E-state index contributed by atoms with van der Waals surface area (Å²) in [6, 6.07) is 12.7. The van der Waals surface area contributed by atoms with E-state index in [1.807, 2.05) is 24.3 Å². The summed E-state index contributed by atoms with van der Waals surface area (Å²) in [7, 11) is 0. The number of nitrogens with zero attached hydrogens (tertiary/aromatic N) is 2. The number of amides is 1. The number of rotatable bonds is 3. The summed E-state index contributed by atoms with van der Waals surface area (Å²) in [5.74, 6) is -0.357. The number of thiazole rings is 1. The fourth-order valence-electron chi connectivity index (χ4n) is 3.35. The molecule has 0 saturated carbocycles. The quantitative estimate of drug-likeness (QED) is 0.665. The highest BCUT2D eigenvalue weighted by atomic mass is 32.1. The van der Waals surface area contributed by atoms with E-state index >= 15 is 0 Å². The predicted octanol–water partition coefficient (Wildman–Crippen LogP) is 5.03. The summed E-state index contributed by atoms with van der Waals surface area (Å²) in [5, 5.41) is 4.27. The highest BCUT2D eigenvalue weighted by Gasteiger charge is 2.32. The van der Waals surface area contributed by atoms with Gasteiger partial charge in [0.25, 0.3) is 5.91 Å². The number of para-hydroxylation sites is 1. The van der Waals surface area contributed by atoms with Crippen LogP contribution in [0.2, 0.25) is 0 Å². The van der Waals surface area contributed by atoms with Gasteiger partial charge in [0.1, 0.15) is 0 Å². The second kappa shape index (κ2) is 7.43. The number of alkyl halides is 3. The third kappa shape index (κ3) is 3.96. The van der Waals surface area contributed by atoms with E-state index in [1.165, 1.54) is 12.1 Å². The highest BCUT2D eigenvalue weighted by Crippen LogP contribution is 2.30. The molecule has 0 bridgehead atoms. The highest BCUT2D eigenvalue weighted by molar-refractivity contribution is 7.22. The Morgan fingerprint density at radius 2 is 1.86 bits per heavy atom. The molecule has 0 radical (unpaired) electrons. The normalized spacial score (nSPS) is 15.8. The Hall–Kier alpha value is -2.61. The first-order valence-electron chi connectivity index (χ1n) is 8.99. The zero-order valence-electron chi connectivity index (χ0n) is 14.9. The van der Waals surface area contributed by atoms with Crippen molar-refractivity contribution < 1.29 is 18.0 Å². The van der Waals surface area contributed by atoms with Gasteiger partial charge in [-0.3, -0.25) is 4.79 Å². The maximum atomic E-state index is 12.9. The lowest BCUT2D eigenvalue weighted by Gasteiger charge is -2.32. The Bertz CT molecular complexity index is 961. The molecule has 2 heterocycles. The molecule has 3 aromatic rings. The predicted molar refractivity (Wildman–Crippen MR) is 104 cm³/mol. The van der Waals surface area contributed by atoms with Gasteiger partial charge in [-0.05, 0) is 43.2 Å². The van der Waals surface area contributed by atoms with E-state index in [-0.39, 0.29) is 17.5 Å². The smallest absolute Gasteiger partial charge is 0.359 e. The van der Waals surface area contributed by atoms with E-state index < -0.39 is 11.7 Å². The van der Waals surface area contributed by atoms with Gasteiger partial charge >= 0.3 is 6.18 Å². The van der Waals surface area contributed by atoms with Gasteiger partial charge in [-0.15, -0.1) is 0 Å². The van der Waals surface area contributed by atoms with Gasteiger partial charge in [-0.25, -0.2) is 4.98 Å². The second-order valence-corrected chi connectivity index (χ2v) is 7.81. The topological polar surface area (TPSA) is 45.2 Å². The van der Waals surface area contributed by atoms with Gasteiger partial charge in [-0.1, -0.05) is 29.5 Å². The summed E-state index contributed by atoms with van der Waals surface area (Å²) >= 11 is 1.59. The van der Waals surface area contributed by atoms with Crippen LogP contribution in [0.5, 0.6) is 0 Å². The molecule has 0 atom stereocenters. The standard InChI is InChI=1S/C20H18F3N3OS/c21-20(22,23)14-5-3-4-13(12-14)18(27)26-10-8-15(9-11-26)24-19-25-16-6-1-2-7-17(16)28-19/h1-7,12,15H,8-11H2,(H,24,25). The van der Waals surface area contributed by atoms with E-state index in [0.717, 1.165) is 40.3 Å². The van der Waals surface area contributed by atoms with Crippen molar-refractivity contribution in [1.82, 2.24) is 9.88 Å². The molecule has 146 valence electrons. The van der Waals surface area contributed by atoms with Gasteiger partial charge in [0.2, 0.25) is 0 Å². The third-order valence-corrected chi connectivity index (χ3v) is 5.81. The molecule has 1 fully saturated rings. The summed E-state index contributed by atoms with van der Waals surface area (Å²) in [6.07, 6.45) is -3.01. The number of anilines is 1. The molecule has 2 aromatic carbocycles. The average molecular weight is 405 g/mol. The second-order valence-electron chi connectivity index (χ2n) is 6.78. The Morgan fingerprint density at radius 1 is 1.11 bits per heavy atom. The van der Waals surface area contributed by atoms with Crippen LogP contribution in [0.25, 0.3) is 10.2 Å². The number of piperidine rings is 1. The zero-order valence-corrected chi connectivity index (χ0v) is 15.7. The number of benzene rings is 2. The molecule has 1 aliphatic rings. The molecule has 4 rings (SSSR count). The monoisotopic (exact) mass is 405 g/mol. The summed E-state index contributed by atoms with van der Waals surface area (Å²) in [4.78, 5) is 18.8. The molecule has 0 unspecified atom stereocenters. The maximum Gasteiger partial charge on any atom is 0.416 e. The van der Waals surface area contributed by atoms with Gasteiger partial charge in [0.05, 0.1) is 15.8 Å². The van der Waals surface area contributed by atoms with Crippen molar-refractivity contribution in [3.63, 3.8) is 0 Å². The van der Waals surface area contributed by atoms with Crippen molar-refractivity contribution in [2.45, 2.75) is 25.1 Å². The number of nitrogens with one attached hydrogen (secondary N) is 1. The van der Waals surface area contributed by atoms with Crippen LogP contribution >= 0.6 is 11.3 Å². The number of halogens is 3. The first-order valence-corrected chi connectivity index (χ1v) is 9.80. The number of hydrogen-bond donors (Lipinski definition) is 1. The van der Waals surface area contributed by atoms with Gasteiger partial charge in [0.15, 0.2) is 5.13 Å². The summed E-state index contributed by atoms with van der Waals surface area (Å²) < 4.78 is 39.7. The Balaban J connectivity index is 1.38. The van der Waals surface area contributed by atoms with Crippen molar-refractivity contribution in [1.29, 1.82) is 0 Å². The molecule has 28 heavy (non-hydrogen) atoms. The molecule has 1 N–H and O–H groups in total. The number of aromatic nitrogens is 1. The van der Waals surface area contributed by atoms with Crippen LogP contribution in [0.3, 0.4) is 0 Å². The minimum Gasteiger partial charge on any atom is -0.359 e. The van der Waals surface area contributed by atoms with Gasteiger partial charge in [-0.2, -0.15) is 13.2 Å². The van der Waals surface area contributed by atoms with Crippen molar-refractivity contribution in [2.75, 3.05) is 18.4 Å². The Labute approximate surface area is 164 Å². The van der Waals surface area contributed by atoms with Crippen LogP contribution in [0.4, 0.5) is 18.3 Å². The first-order chi connectivity index (χ1) is 13.4. The molecular weight excluding hydrogens is 387 g/mol. The lowest BCUT2D eigenvalue weighted by molar-refractivity contribution is -0.137. The minimum absolute atomic E-state index is 0.0763. The van der Waals surface area contributed by atoms with E-state index in [2.05, 4.69) is 10.3 Å². The van der Waals surface area contributed by atoms with E-state index in [4.69, 9.17) is 0 Å². The Morgan fingerprint density at radius 3 is 2.57 bits per heavy atom. The minimum atomic E-state index is -4.45. The molecular formula is C20H18F3N3OS. The number of likely N-dealkylation sites (tertiary alicyclic amines) is 1. The van der Waals surface area contributed by atoms with Crippen LogP contribution < -0.4 is 5.32 Å². The lowest BCUT2D eigenvalue weighted by Crippen LogP contribution is -2.42. The fraction of sp³-hybridized carbons (Fsp3) is 0.300. The third-order valence-electron chi connectivity index (χ3n) is 4.84. The lowest BCUT2D eigenvalue weighted by atomic mass is 10.0. The largest absolute Gasteiger partial charge is 0.416 e.